The summed E-state index contributed by atoms with van der Waals surface area (Å²) in [6.07, 6.45) is 8.55. The number of nitrogens with one attached hydrogen (secondary N) is 1. The Kier molecular flexibility index (Phi) is 4.43. The second-order valence-corrected chi connectivity index (χ2v) is 4.68. The fraction of sp³-hybridized carbons (Fsp3) is 0.214. The van der Waals surface area contributed by atoms with E-state index in [2.05, 4.69) is 21.2 Å². The number of furan rings is 1. The van der Waals surface area contributed by atoms with Crippen LogP contribution in [0.1, 0.15) is 16.1 Å². The zero-order valence-electron chi connectivity index (χ0n) is 11.1. The Bertz CT molecular complexity index is 660. The molecule has 1 N–H and O–H groups in total. The van der Waals surface area contributed by atoms with Gasteiger partial charge in [0.25, 0.3) is 5.91 Å². The number of thioether (sulfide) groups is 1. The molecule has 0 spiro atoms. The number of aryl methyl sites for hydroxylation is 1. The van der Waals surface area contributed by atoms with Gasteiger partial charge in [-0.25, -0.2) is 9.97 Å². The highest BCUT2D eigenvalue weighted by atomic mass is 32.2. The standard InChI is InChI=1S/C14H13N3O2S/c1-4-7-15-13(18)11-9(2)16-12(17-14(11)20-3)10-6-5-8-19-10/h1,5-6,8H,7H2,2-3H3,(H,15,18). The van der Waals surface area contributed by atoms with E-state index >= 15 is 0 Å². The second kappa shape index (κ2) is 6.26. The number of terminal acetylenes is 1. The first-order valence-corrected chi connectivity index (χ1v) is 7.08. The van der Waals surface area contributed by atoms with Crippen LogP contribution >= 0.6 is 11.8 Å². The molecule has 0 fully saturated rings. The summed E-state index contributed by atoms with van der Waals surface area (Å²) < 4.78 is 5.28. The number of hydrogen-bond donors (Lipinski definition) is 1. The molecule has 5 nitrogen and oxygen atoms in total. The van der Waals surface area contributed by atoms with Crippen LogP contribution in [-0.4, -0.2) is 28.7 Å². The molecular formula is C14H13N3O2S. The van der Waals surface area contributed by atoms with E-state index in [0.717, 1.165) is 0 Å². The van der Waals surface area contributed by atoms with Gasteiger partial charge in [-0.1, -0.05) is 5.92 Å². The third kappa shape index (κ3) is 2.83. The van der Waals surface area contributed by atoms with E-state index in [1.165, 1.54) is 11.8 Å². The zero-order chi connectivity index (χ0) is 14.5. The van der Waals surface area contributed by atoms with Gasteiger partial charge in [0, 0.05) is 0 Å². The molecule has 0 aliphatic rings. The summed E-state index contributed by atoms with van der Waals surface area (Å²) in [6, 6.07) is 3.54. The maximum Gasteiger partial charge on any atom is 0.256 e. The Labute approximate surface area is 121 Å². The van der Waals surface area contributed by atoms with Crippen molar-refractivity contribution in [3.63, 3.8) is 0 Å². The average molecular weight is 287 g/mol. The SMILES string of the molecule is C#CCNC(=O)c1c(C)nc(-c2ccco2)nc1SC. The van der Waals surface area contributed by atoms with Crippen molar-refractivity contribution in [2.45, 2.75) is 11.9 Å². The summed E-state index contributed by atoms with van der Waals surface area (Å²) >= 11 is 1.38. The van der Waals surface area contributed by atoms with Crippen molar-refractivity contribution < 1.29 is 9.21 Å². The van der Waals surface area contributed by atoms with E-state index in [9.17, 15) is 4.79 Å². The molecule has 6 heteroatoms. The Morgan fingerprint density at radius 2 is 2.35 bits per heavy atom. The largest absolute Gasteiger partial charge is 0.461 e. The van der Waals surface area contributed by atoms with E-state index in [0.29, 0.717) is 27.9 Å². The first kappa shape index (κ1) is 14.2. The molecule has 1 amide bonds. The maximum atomic E-state index is 12.1. The van der Waals surface area contributed by atoms with Gasteiger partial charge in [0.15, 0.2) is 11.6 Å². The minimum Gasteiger partial charge on any atom is -0.461 e. The summed E-state index contributed by atoms with van der Waals surface area (Å²) in [6.45, 7) is 1.94. The molecule has 2 heterocycles. The van der Waals surface area contributed by atoms with Gasteiger partial charge in [0.1, 0.15) is 5.03 Å². The maximum absolute atomic E-state index is 12.1. The Morgan fingerprint density at radius 3 is 2.95 bits per heavy atom. The average Bonchev–Trinajstić information content (AvgIpc) is 2.97. The van der Waals surface area contributed by atoms with Crippen LogP contribution in [0, 0.1) is 19.3 Å². The van der Waals surface area contributed by atoms with E-state index < -0.39 is 0 Å². The van der Waals surface area contributed by atoms with E-state index in [-0.39, 0.29) is 12.5 Å². The molecular weight excluding hydrogens is 274 g/mol. The van der Waals surface area contributed by atoms with Crippen LogP contribution in [0.2, 0.25) is 0 Å². The molecule has 0 aliphatic heterocycles. The molecule has 2 rings (SSSR count). The lowest BCUT2D eigenvalue weighted by molar-refractivity contribution is 0.0954. The molecule has 0 atom stereocenters. The van der Waals surface area contributed by atoms with Crippen molar-refractivity contribution in [2.75, 3.05) is 12.8 Å². The quantitative estimate of drug-likeness (QED) is 0.530. The van der Waals surface area contributed by atoms with Gasteiger partial charge in [-0.15, -0.1) is 18.2 Å². The number of nitrogens with zero attached hydrogens (tertiary/aromatic N) is 2. The predicted molar refractivity (Wildman–Crippen MR) is 77.4 cm³/mol. The lowest BCUT2D eigenvalue weighted by atomic mass is 10.2. The lowest BCUT2D eigenvalue weighted by Crippen LogP contribution is -2.26. The van der Waals surface area contributed by atoms with Crippen molar-refractivity contribution in [1.82, 2.24) is 15.3 Å². The first-order valence-electron chi connectivity index (χ1n) is 5.85. The van der Waals surface area contributed by atoms with Crippen molar-refractivity contribution in [2.24, 2.45) is 0 Å². The fourth-order valence-corrected chi connectivity index (χ4v) is 2.31. The summed E-state index contributed by atoms with van der Waals surface area (Å²) in [5, 5.41) is 3.22. The Balaban J connectivity index is 2.44. The van der Waals surface area contributed by atoms with Crippen LogP contribution in [0.15, 0.2) is 27.8 Å². The molecule has 0 saturated heterocycles. The molecule has 0 aromatic carbocycles. The van der Waals surface area contributed by atoms with Crippen LogP contribution in [0.25, 0.3) is 11.6 Å². The zero-order valence-corrected chi connectivity index (χ0v) is 12.0. The van der Waals surface area contributed by atoms with Gasteiger partial charge < -0.3 is 9.73 Å². The monoisotopic (exact) mass is 287 g/mol. The number of carbonyl (C=O) groups excluding carboxylic acids is 1. The molecule has 0 unspecified atom stereocenters. The van der Waals surface area contributed by atoms with Gasteiger partial charge >= 0.3 is 0 Å². The van der Waals surface area contributed by atoms with Gasteiger partial charge in [-0.05, 0) is 25.3 Å². The van der Waals surface area contributed by atoms with Gasteiger partial charge in [0.05, 0.1) is 24.1 Å². The van der Waals surface area contributed by atoms with Crippen molar-refractivity contribution >= 4 is 17.7 Å². The highest BCUT2D eigenvalue weighted by molar-refractivity contribution is 7.98. The molecule has 102 valence electrons. The normalized spacial score (nSPS) is 10.1. The van der Waals surface area contributed by atoms with E-state index in [1.807, 2.05) is 6.26 Å². The van der Waals surface area contributed by atoms with Crippen LogP contribution < -0.4 is 5.32 Å². The van der Waals surface area contributed by atoms with Crippen LogP contribution in [0.4, 0.5) is 0 Å². The molecule has 0 aliphatic carbocycles. The number of aromatic nitrogens is 2. The van der Waals surface area contributed by atoms with E-state index in [4.69, 9.17) is 10.8 Å². The van der Waals surface area contributed by atoms with E-state index in [1.54, 1.807) is 25.3 Å². The van der Waals surface area contributed by atoms with Gasteiger partial charge in [-0.3, -0.25) is 4.79 Å². The van der Waals surface area contributed by atoms with Gasteiger partial charge in [-0.2, -0.15) is 0 Å². The molecule has 0 radical (unpaired) electrons. The molecule has 2 aromatic rings. The number of hydrogen-bond acceptors (Lipinski definition) is 5. The van der Waals surface area contributed by atoms with Crippen LogP contribution in [0.5, 0.6) is 0 Å². The number of amides is 1. The van der Waals surface area contributed by atoms with Crippen LogP contribution in [0.3, 0.4) is 0 Å². The summed E-state index contributed by atoms with van der Waals surface area (Å²) in [4.78, 5) is 20.8. The topological polar surface area (TPSA) is 68.0 Å². The summed E-state index contributed by atoms with van der Waals surface area (Å²) in [7, 11) is 0. The number of carbonyl (C=O) groups is 1. The van der Waals surface area contributed by atoms with Crippen molar-refractivity contribution in [1.29, 1.82) is 0 Å². The lowest BCUT2D eigenvalue weighted by Gasteiger charge is -2.10. The second-order valence-electron chi connectivity index (χ2n) is 3.88. The first-order chi connectivity index (χ1) is 9.67. The van der Waals surface area contributed by atoms with Crippen molar-refractivity contribution in [3.05, 3.63) is 29.7 Å². The highest BCUT2D eigenvalue weighted by Gasteiger charge is 2.19. The minimum atomic E-state index is -0.268. The molecule has 20 heavy (non-hydrogen) atoms. The minimum absolute atomic E-state index is 0.173. The molecule has 0 bridgehead atoms. The predicted octanol–water partition coefficient (Wildman–Crippen LogP) is 2.13. The summed E-state index contributed by atoms with van der Waals surface area (Å²) in [5.41, 5.74) is 1.04. The summed E-state index contributed by atoms with van der Waals surface area (Å²) in [5.74, 6) is 3.13. The Hall–Kier alpha value is -2.26. The third-order valence-corrected chi connectivity index (χ3v) is 3.25. The Morgan fingerprint density at radius 1 is 1.55 bits per heavy atom. The molecule has 2 aromatic heterocycles. The molecule has 0 saturated carbocycles. The van der Waals surface area contributed by atoms with Crippen LogP contribution in [-0.2, 0) is 0 Å². The smallest absolute Gasteiger partial charge is 0.256 e. The highest BCUT2D eigenvalue weighted by Crippen LogP contribution is 2.24. The fourth-order valence-electron chi connectivity index (χ4n) is 1.69. The number of rotatable bonds is 4. The van der Waals surface area contributed by atoms with Crippen molar-refractivity contribution in [3.8, 4) is 23.9 Å². The van der Waals surface area contributed by atoms with Gasteiger partial charge in [0.2, 0.25) is 0 Å². The third-order valence-electron chi connectivity index (χ3n) is 2.57.